The highest BCUT2D eigenvalue weighted by molar-refractivity contribution is 8.03. The van der Waals surface area contributed by atoms with Crippen molar-refractivity contribution in [3.8, 4) is 0 Å². The maximum absolute atomic E-state index is 11.9. The molecule has 2 rings (SSSR count). The fourth-order valence-corrected chi connectivity index (χ4v) is 3.96. The fraction of sp³-hybridized carbons (Fsp3) is 0.185. The molecule has 0 atom stereocenters. The van der Waals surface area contributed by atoms with Crippen LogP contribution in [0, 0.1) is 6.92 Å². The van der Waals surface area contributed by atoms with Gasteiger partial charge in [0.15, 0.2) is 5.78 Å². The Morgan fingerprint density at radius 2 is 1.65 bits per heavy atom. The second kappa shape index (κ2) is 11.3. The molecule has 3 nitrogen and oxygen atoms in total. The van der Waals surface area contributed by atoms with Crippen molar-refractivity contribution in [2.24, 2.45) is 0 Å². The van der Waals surface area contributed by atoms with Crippen LogP contribution in [0.2, 0.25) is 0 Å². The number of benzene rings is 2. The summed E-state index contributed by atoms with van der Waals surface area (Å²) >= 11 is 1.63. The number of hydrogen-bond donors (Lipinski definition) is 0. The number of ketones is 1. The maximum atomic E-state index is 11.9. The van der Waals surface area contributed by atoms with Gasteiger partial charge in [0.05, 0.1) is 12.2 Å². The number of esters is 1. The Morgan fingerprint density at radius 1 is 1.03 bits per heavy atom. The lowest BCUT2D eigenvalue weighted by atomic mass is 9.97. The highest BCUT2D eigenvalue weighted by Crippen LogP contribution is 2.36. The molecule has 0 aliphatic carbocycles. The van der Waals surface area contributed by atoms with Crippen molar-refractivity contribution in [1.82, 2.24) is 0 Å². The first-order valence-corrected chi connectivity index (χ1v) is 10.9. The van der Waals surface area contributed by atoms with E-state index in [1.54, 1.807) is 43.8 Å². The molecule has 0 fully saturated rings. The maximum Gasteiger partial charge on any atom is 0.338 e. The average molecular weight is 433 g/mol. The summed E-state index contributed by atoms with van der Waals surface area (Å²) in [5.41, 5.74) is 5.01. The summed E-state index contributed by atoms with van der Waals surface area (Å²) in [6.07, 6.45) is 5.58. The van der Waals surface area contributed by atoms with E-state index >= 15 is 0 Å². The summed E-state index contributed by atoms with van der Waals surface area (Å²) in [6, 6.07) is 13.0. The van der Waals surface area contributed by atoms with Crippen LogP contribution in [-0.4, -0.2) is 18.4 Å². The van der Waals surface area contributed by atoms with E-state index in [0.29, 0.717) is 17.7 Å². The standard InChI is InChI=1S/C27H28O3S/c1-7-9-10-25(19(4)22-11-13-23(14-12-22)27(29)30-8-2)21(6)31-26-16-15-24(20(5)28)17-18(26)3/h7,9-17H,1,4,8H2,2-3,5-6H3/b10-9-,25-21-. The van der Waals surface area contributed by atoms with Crippen molar-refractivity contribution in [1.29, 1.82) is 0 Å². The van der Waals surface area contributed by atoms with E-state index in [4.69, 9.17) is 4.74 Å². The number of thioether (sulfide) groups is 1. The number of Topliss-reactive ketones (excluding diaryl/α,β-unsaturated/α-hetero) is 1. The Kier molecular flexibility index (Phi) is 8.83. The van der Waals surface area contributed by atoms with Gasteiger partial charge in [-0.05, 0) is 79.1 Å². The lowest BCUT2D eigenvalue weighted by Gasteiger charge is -2.14. The minimum absolute atomic E-state index is 0.0566. The zero-order valence-corrected chi connectivity index (χ0v) is 19.3. The van der Waals surface area contributed by atoms with Gasteiger partial charge < -0.3 is 4.74 Å². The number of hydrogen-bond acceptors (Lipinski definition) is 4. The number of carbonyl (C=O) groups excluding carboxylic acids is 2. The molecule has 160 valence electrons. The molecule has 0 N–H and O–H groups in total. The van der Waals surface area contributed by atoms with Crippen molar-refractivity contribution in [2.75, 3.05) is 6.61 Å². The molecule has 0 spiro atoms. The minimum Gasteiger partial charge on any atom is -0.462 e. The third-order valence-corrected chi connectivity index (χ3v) is 5.90. The summed E-state index contributed by atoms with van der Waals surface area (Å²) in [5, 5.41) is 0. The quantitative estimate of drug-likeness (QED) is 0.182. The van der Waals surface area contributed by atoms with Crippen LogP contribution in [0.25, 0.3) is 5.57 Å². The first-order valence-electron chi connectivity index (χ1n) is 10.0. The summed E-state index contributed by atoms with van der Waals surface area (Å²) in [6.45, 7) is 15.8. The summed E-state index contributed by atoms with van der Waals surface area (Å²) in [4.78, 5) is 25.7. The van der Waals surface area contributed by atoms with Crippen molar-refractivity contribution < 1.29 is 14.3 Å². The molecule has 0 unspecified atom stereocenters. The number of ether oxygens (including phenoxy) is 1. The second-order valence-corrected chi connectivity index (χ2v) is 8.24. The van der Waals surface area contributed by atoms with Crippen LogP contribution in [0.5, 0.6) is 0 Å². The molecule has 0 amide bonds. The van der Waals surface area contributed by atoms with Gasteiger partial charge in [0.2, 0.25) is 0 Å². The summed E-state index contributed by atoms with van der Waals surface area (Å²) in [5.74, 6) is -0.278. The van der Waals surface area contributed by atoms with Crippen LogP contribution in [0.1, 0.15) is 52.6 Å². The van der Waals surface area contributed by atoms with Gasteiger partial charge in [0.1, 0.15) is 0 Å². The molecule has 0 saturated carbocycles. The van der Waals surface area contributed by atoms with E-state index in [2.05, 4.69) is 13.2 Å². The Bertz CT molecular complexity index is 1060. The van der Waals surface area contributed by atoms with Crippen molar-refractivity contribution >= 4 is 29.1 Å². The van der Waals surface area contributed by atoms with E-state index in [0.717, 1.165) is 32.1 Å². The van der Waals surface area contributed by atoms with Crippen molar-refractivity contribution in [2.45, 2.75) is 32.6 Å². The van der Waals surface area contributed by atoms with Gasteiger partial charge in [0.25, 0.3) is 0 Å². The Balaban J connectivity index is 2.37. The third-order valence-electron chi connectivity index (χ3n) is 4.69. The van der Waals surface area contributed by atoms with E-state index in [9.17, 15) is 9.59 Å². The van der Waals surface area contributed by atoms with Gasteiger partial charge >= 0.3 is 5.97 Å². The molecule has 2 aromatic carbocycles. The molecule has 0 aliphatic rings. The molecule has 2 aromatic rings. The van der Waals surface area contributed by atoms with Gasteiger partial charge in [-0.25, -0.2) is 4.79 Å². The largest absolute Gasteiger partial charge is 0.462 e. The average Bonchev–Trinajstić information content (AvgIpc) is 2.75. The third kappa shape index (κ3) is 6.43. The SMILES string of the molecule is C=C/C=C\C(C(=C)c1ccc(C(=O)OCC)cc1)=C(/C)Sc1ccc(C(C)=O)cc1C. The van der Waals surface area contributed by atoms with Crippen LogP contribution in [0.15, 0.2) is 89.2 Å². The van der Waals surface area contributed by atoms with Crippen LogP contribution >= 0.6 is 11.8 Å². The van der Waals surface area contributed by atoms with Crippen molar-refractivity contribution in [3.63, 3.8) is 0 Å². The van der Waals surface area contributed by atoms with Gasteiger partial charge in [0, 0.05) is 10.5 Å². The molecule has 0 aromatic heterocycles. The lowest BCUT2D eigenvalue weighted by Crippen LogP contribution is -2.04. The van der Waals surface area contributed by atoms with Crippen LogP contribution in [-0.2, 0) is 4.74 Å². The van der Waals surface area contributed by atoms with Crippen LogP contribution < -0.4 is 0 Å². The molecule has 31 heavy (non-hydrogen) atoms. The molecular weight excluding hydrogens is 404 g/mol. The summed E-state index contributed by atoms with van der Waals surface area (Å²) in [7, 11) is 0. The zero-order valence-electron chi connectivity index (χ0n) is 18.5. The minimum atomic E-state index is -0.335. The van der Waals surface area contributed by atoms with Gasteiger partial charge in [-0.2, -0.15) is 0 Å². The van der Waals surface area contributed by atoms with E-state index in [1.807, 2.05) is 56.3 Å². The lowest BCUT2D eigenvalue weighted by molar-refractivity contribution is 0.0526. The molecule has 0 aliphatic heterocycles. The number of allylic oxidation sites excluding steroid dienone is 6. The van der Waals surface area contributed by atoms with Crippen LogP contribution in [0.3, 0.4) is 0 Å². The number of rotatable bonds is 9. The Hall–Kier alpha value is -3.11. The summed E-state index contributed by atoms with van der Waals surface area (Å²) < 4.78 is 5.05. The molecule has 0 radical (unpaired) electrons. The second-order valence-electron chi connectivity index (χ2n) is 6.98. The molecular formula is C27H28O3S. The normalized spacial score (nSPS) is 11.7. The van der Waals surface area contributed by atoms with Gasteiger partial charge in [-0.3, -0.25) is 4.79 Å². The van der Waals surface area contributed by atoms with Gasteiger partial charge in [-0.15, -0.1) is 0 Å². The van der Waals surface area contributed by atoms with Crippen LogP contribution in [0.4, 0.5) is 0 Å². The molecule has 0 heterocycles. The topological polar surface area (TPSA) is 43.4 Å². The predicted octanol–water partition coefficient (Wildman–Crippen LogP) is 7.20. The zero-order chi connectivity index (χ0) is 23.0. The molecule has 4 heteroatoms. The van der Waals surface area contributed by atoms with E-state index < -0.39 is 0 Å². The molecule has 0 saturated heterocycles. The Labute approximate surface area is 189 Å². The van der Waals surface area contributed by atoms with E-state index in [-0.39, 0.29) is 11.8 Å². The van der Waals surface area contributed by atoms with Gasteiger partial charge in [-0.1, -0.05) is 61.3 Å². The fourth-order valence-electron chi connectivity index (χ4n) is 2.97. The number of aryl methyl sites for hydroxylation is 1. The molecule has 0 bridgehead atoms. The highest BCUT2D eigenvalue weighted by atomic mass is 32.2. The van der Waals surface area contributed by atoms with E-state index in [1.165, 1.54) is 0 Å². The Morgan fingerprint density at radius 3 is 2.19 bits per heavy atom. The van der Waals surface area contributed by atoms with Crippen molar-refractivity contribution in [3.05, 3.63) is 107 Å². The first-order chi connectivity index (χ1) is 14.8. The first kappa shape index (κ1) is 24.2. The highest BCUT2D eigenvalue weighted by Gasteiger charge is 2.12. The smallest absolute Gasteiger partial charge is 0.338 e. The number of carbonyl (C=O) groups is 2. The predicted molar refractivity (Wildman–Crippen MR) is 131 cm³/mol. The monoisotopic (exact) mass is 432 g/mol.